The van der Waals surface area contributed by atoms with Gasteiger partial charge in [0.15, 0.2) is 0 Å². The van der Waals surface area contributed by atoms with E-state index in [-0.39, 0.29) is 0 Å². The molecule has 2 rings (SSSR count). The highest BCUT2D eigenvalue weighted by molar-refractivity contribution is 5.59. The van der Waals surface area contributed by atoms with Crippen LogP contribution in [0, 0.1) is 5.92 Å². The average Bonchev–Trinajstić information content (AvgIpc) is 2.52. The van der Waals surface area contributed by atoms with Crippen LogP contribution < -0.4 is 10.6 Å². The van der Waals surface area contributed by atoms with E-state index >= 15 is 0 Å². The molecule has 0 radical (unpaired) electrons. The molecule has 0 spiro atoms. The van der Waals surface area contributed by atoms with Crippen molar-refractivity contribution in [2.24, 2.45) is 5.92 Å². The van der Waals surface area contributed by atoms with Crippen molar-refractivity contribution in [3.05, 3.63) is 11.9 Å². The minimum absolute atomic E-state index is 0.403. The fourth-order valence-electron chi connectivity index (χ4n) is 3.52. The smallest absolute Gasteiger partial charge is 0.135 e. The van der Waals surface area contributed by atoms with Gasteiger partial charge in [-0.25, -0.2) is 9.97 Å². The van der Waals surface area contributed by atoms with Gasteiger partial charge < -0.3 is 10.6 Å². The molecule has 1 aromatic heterocycles. The van der Waals surface area contributed by atoms with Crippen LogP contribution in [0.25, 0.3) is 0 Å². The van der Waals surface area contributed by atoms with Gasteiger partial charge in [0.25, 0.3) is 0 Å². The molecule has 0 saturated heterocycles. The highest BCUT2D eigenvalue weighted by Gasteiger charge is 2.24. The molecule has 118 valence electrons. The fraction of sp³-hybridized carbons (Fsp3) is 0.765. The van der Waals surface area contributed by atoms with E-state index in [0.717, 1.165) is 24.0 Å². The monoisotopic (exact) mass is 290 g/mol. The van der Waals surface area contributed by atoms with Gasteiger partial charge in [0, 0.05) is 18.7 Å². The van der Waals surface area contributed by atoms with Crippen molar-refractivity contribution in [3.8, 4) is 0 Å². The van der Waals surface area contributed by atoms with E-state index in [2.05, 4.69) is 41.4 Å². The van der Waals surface area contributed by atoms with E-state index in [1.165, 1.54) is 37.7 Å². The molecule has 0 aliphatic heterocycles. The summed E-state index contributed by atoms with van der Waals surface area (Å²) in [6.07, 6.45) is 9.69. The first-order chi connectivity index (χ1) is 10.2. The Kier molecular flexibility index (Phi) is 5.83. The maximum absolute atomic E-state index is 4.53. The van der Waals surface area contributed by atoms with Crippen LogP contribution in [0.2, 0.25) is 0 Å². The molecule has 1 heterocycles. The number of aromatic nitrogens is 2. The Morgan fingerprint density at radius 2 is 1.81 bits per heavy atom. The zero-order valence-corrected chi connectivity index (χ0v) is 13.9. The van der Waals surface area contributed by atoms with Gasteiger partial charge in [-0.3, -0.25) is 0 Å². The zero-order chi connectivity index (χ0) is 15.2. The summed E-state index contributed by atoms with van der Waals surface area (Å²) in [5.41, 5.74) is 1.20. The van der Waals surface area contributed by atoms with Crippen LogP contribution in [0.15, 0.2) is 6.33 Å². The van der Waals surface area contributed by atoms with Crippen LogP contribution in [-0.4, -0.2) is 23.1 Å². The van der Waals surface area contributed by atoms with Gasteiger partial charge in [0.1, 0.15) is 18.0 Å². The summed E-state index contributed by atoms with van der Waals surface area (Å²) in [4.78, 5) is 8.89. The molecule has 1 saturated carbocycles. The second kappa shape index (κ2) is 7.62. The predicted octanol–water partition coefficient (Wildman–Crippen LogP) is 4.41. The second-order valence-electron chi connectivity index (χ2n) is 6.45. The maximum Gasteiger partial charge on any atom is 0.135 e. The Morgan fingerprint density at radius 3 is 2.38 bits per heavy atom. The minimum Gasteiger partial charge on any atom is -0.373 e. The van der Waals surface area contributed by atoms with Crippen molar-refractivity contribution in [1.82, 2.24) is 9.97 Å². The minimum atomic E-state index is 0.403. The lowest BCUT2D eigenvalue weighted by Crippen LogP contribution is -2.31. The highest BCUT2D eigenvalue weighted by atomic mass is 15.1. The second-order valence-corrected chi connectivity index (χ2v) is 6.45. The van der Waals surface area contributed by atoms with E-state index in [0.29, 0.717) is 12.0 Å². The number of nitrogens with one attached hydrogen (secondary N) is 2. The Labute approximate surface area is 129 Å². The molecule has 4 nitrogen and oxygen atoms in total. The van der Waals surface area contributed by atoms with E-state index in [4.69, 9.17) is 0 Å². The van der Waals surface area contributed by atoms with Gasteiger partial charge >= 0.3 is 0 Å². The van der Waals surface area contributed by atoms with Gasteiger partial charge in [-0.2, -0.15) is 0 Å². The number of anilines is 2. The summed E-state index contributed by atoms with van der Waals surface area (Å²) in [6, 6.07) is 0.530. The molecule has 0 amide bonds. The lowest BCUT2D eigenvalue weighted by molar-refractivity contribution is 0.312. The first-order valence-electron chi connectivity index (χ1n) is 8.46. The average molecular weight is 290 g/mol. The van der Waals surface area contributed by atoms with E-state index in [1.54, 1.807) is 6.33 Å². The predicted molar refractivity (Wildman–Crippen MR) is 89.9 cm³/mol. The van der Waals surface area contributed by atoms with Crippen molar-refractivity contribution < 1.29 is 0 Å². The third-order valence-corrected chi connectivity index (χ3v) is 4.68. The Morgan fingerprint density at radius 1 is 1.14 bits per heavy atom. The van der Waals surface area contributed by atoms with Crippen LogP contribution in [0.3, 0.4) is 0 Å². The Bertz CT molecular complexity index is 438. The zero-order valence-electron chi connectivity index (χ0n) is 13.9. The van der Waals surface area contributed by atoms with Gasteiger partial charge in [0.05, 0.1) is 0 Å². The quantitative estimate of drug-likeness (QED) is 0.814. The lowest BCUT2D eigenvalue weighted by atomic mass is 9.83. The van der Waals surface area contributed by atoms with E-state index in [1.807, 2.05) is 7.05 Å². The Balaban J connectivity index is 2.20. The summed E-state index contributed by atoms with van der Waals surface area (Å²) in [7, 11) is 1.93. The summed E-state index contributed by atoms with van der Waals surface area (Å²) in [6.45, 7) is 6.68. The van der Waals surface area contributed by atoms with Crippen molar-refractivity contribution in [2.75, 3.05) is 17.7 Å². The first kappa shape index (κ1) is 16.1. The molecule has 0 bridgehead atoms. The van der Waals surface area contributed by atoms with Crippen LogP contribution in [0.5, 0.6) is 0 Å². The number of hydrogen-bond donors (Lipinski definition) is 2. The van der Waals surface area contributed by atoms with Gasteiger partial charge in [-0.15, -0.1) is 0 Å². The molecule has 0 aromatic carbocycles. The van der Waals surface area contributed by atoms with E-state index < -0.39 is 0 Å². The van der Waals surface area contributed by atoms with Gasteiger partial charge in [-0.05, 0) is 31.1 Å². The molecule has 1 atom stereocenters. The summed E-state index contributed by atoms with van der Waals surface area (Å²) >= 11 is 0. The third kappa shape index (κ3) is 3.86. The number of rotatable bonds is 6. The van der Waals surface area contributed by atoms with Crippen molar-refractivity contribution in [2.45, 2.75) is 71.3 Å². The fourth-order valence-corrected chi connectivity index (χ4v) is 3.52. The maximum atomic E-state index is 4.53. The van der Waals surface area contributed by atoms with E-state index in [9.17, 15) is 0 Å². The van der Waals surface area contributed by atoms with Crippen LogP contribution in [0.1, 0.15) is 70.8 Å². The molecule has 1 aromatic rings. The molecule has 1 unspecified atom stereocenters. The topological polar surface area (TPSA) is 49.8 Å². The Hall–Kier alpha value is -1.32. The van der Waals surface area contributed by atoms with Crippen molar-refractivity contribution >= 4 is 11.6 Å². The molecule has 2 N–H and O–H groups in total. The molecule has 1 aliphatic rings. The SMILES string of the molecule is CCC(Nc1ncnc(NC)c1C(C)C)C1CCCCC1. The van der Waals surface area contributed by atoms with Crippen LogP contribution in [-0.2, 0) is 0 Å². The molecular formula is C17H30N4. The largest absolute Gasteiger partial charge is 0.373 e. The molecule has 1 aliphatic carbocycles. The normalized spacial score (nSPS) is 17.8. The highest BCUT2D eigenvalue weighted by Crippen LogP contribution is 2.33. The third-order valence-electron chi connectivity index (χ3n) is 4.68. The summed E-state index contributed by atoms with van der Waals surface area (Å²) in [5.74, 6) is 3.15. The number of nitrogens with zero attached hydrogens (tertiary/aromatic N) is 2. The van der Waals surface area contributed by atoms with Crippen molar-refractivity contribution in [1.29, 1.82) is 0 Å². The van der Waals surface area contributed by atoms with Gasteiger partial charge in [-0.1, -0.05) is 40.0 Å². The lowest BCUT2D eigenvalue weighted by Gasteiger charge is -2.31. The van der Waals surface area contributed by atoms with Crippen LogP contribution >= 0.6 is 0 Å². The molecule has 1 fully saturated rings. The number of hydrogen-bond acceptors (Lipinski definition) is 4. The summed E-state index contributed by atoms with van der Waals surface area (Å²) in [5, 5.41) is 6.93. The standard InChI is InChI=1S/C17H30N4/c1-5-14(13-9-7-6-8-10-13)21-17-15(12(2)3)16(18-4)19-11-20-17/h11-14H,5-10H2,1-4H3,(H2,18,19,20,21). The van der Waals surface area contributed by atoms with Crippen molar-refractivity contribution in [3.63, 3.8) is 0 Å². The van der Waals surface area contributed by atoms with Crippen LogP contribution in [0.4, 0.5) is 11.6 Å². The molecule has 4 heteroatoms. The van der Waals surface area contributed by atoms with Gasteiger partial charge in [0.2, 0.25) is 0 Å². The summed E-state index contributed by atoms with van der Waals surface area (Å²) < 4.78 is 0. The first-order valence-corrected chi connectivity index (χ1v) is 8.46. The molecular weight excluding hydrogens is 260 g/mol. The molecule has 21 heavy (non-hydrogen) atoms.